The van der Waals surface area contributed by atoms with Crippen molar-refractivity contribution in [3.8, 4) is 6.07 Å². The van der Waals surface area contributed by atoms with Gasteiger partial charge in [-0.15, -0.1) is 0 Å². The lowest BCUT2D eigenvalue weighted by molar-refractivity contribution is 0.0380. The minimum Gasteiger partial charge on any atom is -0.316 e. The summed E-state index contributed by atoms with van der Waals surface area (Å²) in [6.07, 6.45) is 4.80. The van der Waals surface area contributed by atoms with Crippen LogP contribution in [-0.2, 0) is 0 Å². The van der Waals surface area contributed by atoms with E-state index in [9.17, 15) is 0 Å². The van der Waals surface area contributed by atoms with Crippen molar-refractivity contribution in [2.24, 2.45) is 11.7 Å². The monoisotopic (exact) mass is 236 g/mol. The summed E-state index contributed by atoms with van der Waals surface area (Å²) in [6, 6.07) is 2.62. The first-order valence-corrected chi connectivity index (χ1v) is 6.78. The summed E-state index contributed by atoms with van der Waals surface area (Å²) in [5, 5.41) is 8.69. The number of nitrogens with two attached hydrogens (primary N) is 1. The van der Waals surface area contributed by atoms with Crippen LogP contribution in [0.5, 0.6) is 0 Å². The zero-order valence-electron chi connectivity index (χ0n) is 10.8. The summed E-state index contributed by atoms with van der Waals surface area (Å²) < 4.78 is 0. The average molecular weight is 236 g/mol. The van der Waals surface area contributed by atoms with E-state index in [0.29, 0.717) is 0 Å². The van der Waals surface area contributed by atoms with Crippen LogP contribution in [0, 0.1) is 17.2 Å². The van der Waals surface area contributed by atoms with Crippen molar-refractivity contribution in [2.75, 3.05) is 33.2 Å². The van der Waals surface area contributed by atoms with Crippen LogP contribution < -0.4 is 5.73 Å². The highest BCUT2D eigenvalue weighted by Gasteiger charge is 2.33. The van der Waals surface area contributed by atoms with Gasteiger partial charge in [0.25, 0.3) is 0 Å². The summed E-state index contributed by atoms with van der Waals surface area (Å²) in [5.41, 5.74) is 5.65. The lowest BCUT2D eigenvalue weighted by Gasteiger charge is -2.46. The Hall–Kier alpha value is -0.630. The molecule has 3 unspecified atom stereocenters. The maximum Gasteiger partial charge on any atom is 0.0940 e. The molecule has 0 aromatic heterocycles. The molecule has 0 aliphatic carbocycles. The van der Waals surface area contributed by atoms with Gasteiger partial charge in [-0.3, -0.25) is 0 Å². The standard InChI is InChI=1S/C13H24N4/c1-16-6-2-3-11-10-17(8-5-13(11)16)7-4-12(15)9-14/h11-13H,2-8,10,15H2,1H3. The Morgan fingerprint density at radius 2 is 2.24 bits per heavy atom. The SMILES string of the molecule is CN1CCCC2CN(CCC(N)C#N)CCC21. The first-order chi connectivity index (χ1) is 8.20. The number of nitriles is 1. The first kappa shape index (κ1) is 12.8. The molecule has 0 radical (unpaired) electrons. The second kappa shape index (κ2) is 5.81. The third kappa shape index (κ3) is 3.19. The Morgan fingerprint density at radius 3 is 3.00 bits per heavy atom. The smallest absolute Gasteiger partial charge is 0.0940 e. The second-order valence-electron chi connectivity index (χ2n) is 5.56. The molecule has 0 saturated carbocycles. The summed E-state index contributed by atoms with van der Waals surface area (Å²) in [4.78, 5) is 5.03. The van der Waals surface area contributed by atoms with Crippen LogP contribution in [0.15, 0.2) is 0 Å². The normalized spacial score (nSPS) is 32.8. The number of hydrogen-bond donors (Lipinski definition) is 1. The number of rotatable bonds is 3. The van der Waals surface area contributed by atoms with Crippen molar-refractivity contribution >= 4 is 0 Å². The number of fused-ring (bicyclic) bond motifs is 1. The van der Waals surface area contributed by atoms with Crippen molar-refractivity contribution in [1.29, 1.82) is 5.26 Å². The fourth-order valence-corrected chi connectivity index (χ4v) is 3.32. The van der Waals surface area contributed by atoms with Gasteiger partial charge in [-0.2, -0.15) is 5.26 Å². The molecular weight excluding hydrogens is 212 g/mol. The lowest BCUT2D eigenvalue weighted by atomic mass is 9.84. The van der Waals surface area contributed by atoms with Gasteiger partial charge in [0.05, 0.1) is 12.1 Å². The van der Waals surface area contributed by atoms with Gasteiger partial charge >= 0.3 is 0 Å². The van der Waals surface area contributed by atoms with Gasteiger partial charge in [-0.05, 0) is 51.7 Å². The predicted molar refractivity (Wildman–Crippen MR) is 68.4 cm³/mol. The topological polar surface area (TPSA) is 56.3 Å². The van der Waals surface area contributed by atoms with E-state index in [1.165, 1.54) is 38.9 Å². The maximum atomic E-state index is 8.69. The van der Waals surface area contributed by atoms with Crippen molar-refractivity contribution in [2.45, 2.75) is 37.8 Å². The quantitative estimate of drug-likeness (QED) is 0.781. The highest BCUT2D eigenvalue weighted by atomic mass is 15.2. The van der Waals surface area contributed by atoms with Gasteiger partial charge < -0.3 is 15.5 Å². The molecule has 4 heteroatoms. The Balaban J connectivity index is 1.79. The molecule has 0 amide bonds. The van der Waals surface area contributed by atoms with E-state index in [4.69, 9.17) is 11.0 Å². The molecule has 2 rings (SSSR count). The Morgan fingerprint density at radius 1 is 1.41 bits per heavy atom. The number of hydrogen-bond acceptors (Lipinski definition) is 4. The third-order valence-electron chi connectivity index (χ3n) is 4.35. The maximum absolute atomic E-state index is 8.69. The molecule has 96 valence electrons. The van der Waals surface area contributed by atoms with E-state index in [-0.39, 0.29) is 6.04 Å². The molecule has 2 fully saturated rings. The molecule has 0 spiro atoms. The molecule has 2 N–H and O–H groups in total. The highest BCUT2D eigenvalue weighted by Crippen LogP contribution is 2.29. The molecule has 2 heterocycles. The largest absolute Gasteiger partial charge is 0.316 e. The zero-order chi connectivity index (χ0) is 12.3. The molecule has 0 aromatic rings. The minimum atomic E-state index is -0.290. The molecule has 2 saturated heterocycles. The van der Waals surface area contributed by atoms with Crippen LogP contribution in [0.2, 0.25) is 0 Å². The Kier molecular flexibility index (Phi) is 4.38. The number of nitrogens with zero attached hydrogens (tertiary/aromatic N) is 3. The van der Waals surface area contributed by atoms with Crippen LogP contribution in [0.3, 0.4) is 0 Å². The van der Waals surface area contributed by atoms with Crippen LogP contribution in [0.4, 0.5) is 0 Å². The van der Waals surface area contributed by atoms with Crippen molar-refractivity contribution in [3.05, 3.63) is 0 Å². The molecular formula is C13H24N4. The molecule has 2 aliphatic rings. The van der Waals surface area contributed by atoms with Crippen LogP contribution >= 0.6 is 0 Å². The molecule has 17 heavy (non-hydrogen) atoms. The zero-order valence-corrected chi connectivity index (χ0v) is 10.8. The fraction of sp³-hybridized carbons (Fsp3) is 0.923. The van der Waals surface area contributed by atoms with Gasteiger partial charge in [0, 0.05) is 19.1 Å². The Labute approximate surface area is 104 Å². The van der Waals surface area contributed by atoms with Gasteiger partial charge in [0.2, 0.25) is 0 Å². The minimum absolute atomic E-state index is 0.290. The fourth-order valence-electron chi connectivity index (χ4n) is 3.32. The van der Waals surface area contributed by atoms with Crippen LogP contribution in [0.25, 0.3) is 0 Å². The average Bonchev–Trinajstić information content (AvgIpc) is 2.36. The Bertz CT molecular complexity index is 286. The van der Waals surface area contributed by atoms with Gasteiger partial charge in [0.15, 0.2) is 0 Å². The summed E-state index contributed by atoms with van der Waals surface area (Å²) in [7, 11) is 2.26. The van der Waals surface area contributed by atoms with E-state index in [1.54, 1.807) is 0 Å². The number of piperidine rings is 2. The van der Waals surface area contributed by atoms with E-state index in [1.807, 2.05) is 0 Å². The highest BCUT2D eigenvalue weighted by molar-refractivity contribution is 4.91. The molecule has 0 aromatic carbocycles. The third-order valence-corrected chi connectivity index (χ3v) is 4.35. The molecule has 3 atom stereocenters. The van der Waals surface area contributed by atoms with E-state index in [2.05, 4.69) is 22.9 Å². The van der Waals surface area contributed by atoms with Crippen LogP contribution in [-0.4, -0.2) is 55.1 Å². The first-order valence-electron chi connectivity index (χ1n) is 6.78. The summed E-state index contributed by atoms with van der Waals surface area (Å²) >= 11 is 0. The lowest BCUT2D eigenvalue weighted by Crippen LogP contribution is -2.53. The molecule has 4 nitrogen and oxygen atoms in total. The molecule has 2 aliphatic heterocycles. The summed E-state index contributed by atoms with van der Waals surface area (Å²) in [5.74, 6) is 0.834. The second-order valence-corrected chi connectivity index (χ2v) is 5.56. The predicted octanol–water partition coefficient (Wildman–Crippen LogP) is 0.643. The van der Waals surface area contributed by atoms with Gasteiger partial charge in [-0.25, -0.2) is 0 Å². The van der Waals surface area contributed by atoms with Gasteiger partial charge in [0.1, 0.15) is 0 Å². The van der Waals surface area contributed by atoms with Crippen molar-refractivity contribution in [1.82, 2.24) is 9.80 Å². The van der Waals surface area contributed by atoms with Gasteiger partial charge in [-0.1, -0.05) is 0 Å². The number of likely N-dealkylation sites (tertiary alicyclic amines) is 2. The van der Waals surface area contributed by atoms with E-state index < -0.39 is 0 Å². The summed E-state index contributed by atoms with van der Waals surface area (Å²) in [6.45, 7) is 4.62. The van der Waals surface area contributed by atoms with Crippen molar-refractivity contribution < 1.29 is 0 Å². The van der Waals surface area contributed by atoms with E-state index >= 15 is 0 Å². The van der Waals surface area contributed by atoms with Crippen LogP contribution in [0.1, 0.15) is 25.7 Å². The van der Waals surface area contributed by atoms with E-state index in [0.717, 1.165) is 24.9 Å². The molecule has 0 bridgehead atoms. The van der Waals surface area contributed by atoms with Crippen molar-refractivity contribution in [3.63, 3.8) is 0 Å².